The van der Waals surface area contributed by atoms with Crippen molar-refractivity contribution in [3.8, 4) is 0 Å². The van der Waals surface area contributed by atoms with Gasteiger partial charge in [-0.1, -0.05) is 24.3 Å². The molecule has 94 valence electrons. The summed E-state index contributed by atoms with van der Waals surface area (Å²) in [6, 6.07) is 11.6. The summed E-state index contributed by atoms with van der Waals surface area (Å²) in [5, 5.41) is 12.7. The first-order valence-electron chi connectivity index (χ1n) is 6.19. The number of nitrogens with zero attached hydrogens (tertiary/aromatic N) is 2. The molecule has 1 aromatic carbocycles. The standard InChI is InChI=1S/C16H14N2O/c1-11-13(6-3-8-18-11)16(19)15-5-2-4-12-10-17-9-7-14(12)15/h2-10,16,19H,1H3. The highest BCUT2D eigenvalue weighted by Gasteiger charge is 2.15. The van der Waals surface area contributed by atoms with Gasteiger partial charge in [-0.25, -0.2) is 0 Å². The van der Waals surface area contributed by atoms with E-state index in [1.54, 1.807) is 12.4 Å². The average molecular weight is 250 g/mol. The van der Waals surface area contributed by atoms with Gasteiger partial charge in [0, 0.05) is 35.2 Å². The van der Waals surface area contributed by atoms with Crippen LogP contribution in [-0.4, -0.2) is 15.1 Å². The first kappa shape index (κ1) is 11.8. The molecule has 0 bridgehead atoms. The summed E-state index contributed by atoms with van der Waals surface area (Å²) in [4.78, 5) is 8.34. The zero-order valence-corrected chi connectivity index (χ0v) is 10.6. The fraction of sp³-hybridized carbons (Fsp3) is 0.125. The van der Waals surface area contributed by atoms with Crippen LogP contribution in [-0.2, 0) is 0 Å². The molecule has 3 nitrogen and oxygen atoms in total. The smallest absolute Gasteiger partial charge is 0.106 e. The van der Waals surface area contributed by atoms with Crippen LogP contribution in [0.4, 0.5) is 0 Å². The summed E-state index contributed by atoms with van der Waals surface area (Å²) in [7, 11) is 0. The second-order valence-electron chi connectivity index (χ2n) is 4.52. The van der Waals surface area contributed by atoms with Crippen LogP contribution >= 0.6 is 0 Å². The molecule has 0 aliphatic heterocycles. The predicted octanol–water partition coefficient (Wildman–Crippen LogP) is 3.02. The lowest BCUT2D eigenvalue weighted by molar-refractivity contribution is 0.220. The van der Waals surface area contributed by atoms with Gasteiger partial charge in [-0.3, -0.25) is 9.97 Å². The first-order chi connectivity index (χ1) is 9.27. The minimum Gasteiger partial charge on any atom is -0.384 e. The monoisotopic (exact) mass is 250 g/mol. The van der Waals surface area contributed by atoms with E-state index in [0.717, 1.165) is 27.6 Å². The Morgan fingerprint density at radius 1 is 1.00 bits per heavy atom. The lowest BCUT2D eigenvalue weighted by Gasteiger charge is -2.15. The van der Waals surface area contributed by atoms with Gasteiger partial charge in [-0.15, -0.1) is 0 Å². The van der Waals surface area contributed by atoms with Crippen LogP contribution in [0.5, 0.6) is 0 Å². The number of hydrogen-bond donors (Lipinski definition) is 1. The Morgan fingerprint density at radius 2 is 1.84 bits per heavy atom. The zero-order chi connectivity index (χ0) is 13.2. The number of aliphatic hydroxyl groups excluding tert-OH is 1. The molecule has 2 heterocycles. The number of aliphatic hydroxyl groups is 1. The molecular formula is C16H14N2O. The van der Waals surface area contributed by atoms with E-state index < -0.39 is 6.10 Å². The summed E-state index contributed by atoms with van der Waals surface area (Å²) in [6.07, 6.45) is 4.62. The fourth-order valence-corrected chi connectivity index (χ4v) is 2.34. The average Bonchev–Trinajstić information content (AvgIpc) is 2.46. The maximum absolute atomic E-state index is 10.6. The second-order valence-corrected chi connectivity index (χ2v) is 4.52. The molecule has 19 heavy (non-hydrogen) atoms. The van der Waals surface area contributed by atoms with Crippen molar-refractivity contribution in [2.24, 2.45) is 0 Å². The van der Waals surface area contributed by atoms with Gasteiger partial charge >= 0.3 is 0 Å². The fourth-order valence-electron chi connectivity index (χ4n) is 2.34. The molecule has 0 amide bonds. The van der Waals surface area contributed by atoms with E-state index in [4.69, 9.17) is 0 Å². The van der Waals surface area contributed by atoms with Gasteiger partial charge in [0.1, 0.15) is 6.10 Å². The molecule has 0 aliphatic carbocycles. The van der Waals surface area contributed by atoms with Crippen LogP contribution in [0.15, 0.2) is 55.0 Å². The molecule has 0 fully saturated rings. The molecular weight excluding hydrogens is 236 g/mol. The third kappa shape index (κ3) is 2.09. The molecule has 1 atom stereocenters. The Morgan fingerprint density at radius 3 is 2.68 bits per heavy atom. The molecule has 3 rings (SSSR count). The summed E-state index contributed by atoms with van der Waals surface area (Å²) in [6.45, 7) is 1.91. The van der Waals surface area contributed by atoms with E-state index in [2.05, 4.69) is 9.97 Å². The third-order valence-corrected chi connectivity index (χ3v) is 3.35. The van der Waals surface area contributed by atoms with Crippen molar-refractivity contribution in [3.05, 3.63) is 71.8 Å². The number of aromatic nitrogens is 2. The zero-order valence-electron chi connectivity index (χ0n) is 10.6. The number of fused-ring (bicyclic) bond motifs is 1. The molecule has 3 heteroatoms. The normalized spacial score (nSPS) is 12.5. The Kier molecular flexibility index (Phi) is 2.97. The molecule has 1 unspecified atom stereocenters. The maximum Gasteiger partial charge on any atom is 0.106 e. The van der Waals surface area contributed by atoms with Gasteiger partial charge < -0.3 is 5.11 Å². The highest BCUT2D eigenvalue weighted by atomic mass is 16.3. The van der Waals surface area contributed by atoms with Crippen LogP contribution in [0, 0.1) is 6.92 Å². The lowest BCUT2D eigenvalue weighted by atomic mass is 9.96. The van der Waals surface area contributed by atoms with Crippen molar-refractivity contribution in [1.82, 2.24) is 9.97 Å². The van der Waals surface area contributed by atoms with E-state index in [-0.39, 0.29) is 0 Å². The summed E-state index contributed by atoms with van der Waals surface area (Å²) < 4.78 is 0. The molecule has 0 radical (unpaired) electrons. The molecule has 2 aromatic heterocycles. The highest BCUT2D eigenvalue weighted by Crippen LogP contribution is 2.29. The summed E-state index contributed by atoms with van der Waals surface area (Å²) >= 11 is 0. The lowest BCUT2D eigenvalue weighted by Crippen LogP contribution is -2.03. The molecule has 3 aromatic rings. The quantitative estimate of drug-likeness (QED) is 0.760. The van der Waals surface area contributed by atoms with Crippen molar-refractivity contribution in [3.63, 3.8) is 0 Å². The highest BCUT2D eigenvalue weighted by molar-refractivity contribution is 5.85. The number of pyridine rings is 2. The Hall–Kier alpha value is -2.26. The second kappa shape index (κ2) is 4.78. The molecule has 1 N–H and O–H groups in total. The summed E-state index contributed by atoms with van der Waals surface area (Å²) in [5.41, 5.74) is 2.57. The van der Waals surface area contributed by atoms with Crippen molar-refractivity contribution < 1.29 is 5.11 Å². The number of aryl methyl sites for hydroxylation is 1. The Balaban J connectivity index is 2.17. The van der Waals surface area contributed by atoms with Crippen molar-refractivity contribution in [2.45, 2.75) is 13.0 Å². The van der Waals surface area contributed by atoms with E-state index in [9.17, 15) is 5.11 Å². The maximum atomic E-state index is 10.6. The van der Waals surface area contributed by atoms with Crippen LogP contribution in [0.25, 0.3) is 10.8 Å². The topological polar surface area (TPSA) is 46.0 Å². The van der Waals surface area contributed by atoms with Crippen molar-refractivity contribution in [2.75, 3.05) is 0 Å². The number of benzene rings is 1. The van der Waals surface area contributed by atoms with Gasteiger partial charge in [-0.2, -0.15) is 0 Å². The molecule has 0 aliphatic rings. The molecule has 0 saturated carbocycles. The third-order valence-electron chi connectivity index (χ3n) is 3.35. The Labute approximate surface area is 111 Å². The van der Waals surface area contributed by atoms with Gasteiger partial charge in [-0.05, 0) is 30.0 Å². The van der Waals surface area contributed by atoms with Crippen molar-refractivity contribution >= 4 is 10.8 Å². The van der Waals surface area contributed by atoms with Crippen LogP contribution in [0.2, 0.25) is 0 Å². The van der Waals surface area contributed by atoms with E-state index in [0.29, 0.717) is 0 Å². The van der Waals surface area contributed by atoms with Crippen LogP contribution < -0.4 is 0 Å². The van der Waals surface area contributed by atoms with Gasteiger partial charge in [0.15, 0.2) is 0 Å². The van der Waals surface area contributed by atoms with Gasteiger partial charge in [0.05, 0.1) is 0 Å². The van der Waals surface area contributed by atoms with Gasteiger partial charge in [0.25, 0.3) is 0 Å². The van der Waals surface area contributed by atoms with Crippen LogP contribution in [0.3, 0.4) is 0 Å². The van der Waals surface area contributed by atoms with Crippen molar-refractivity contribution in [1.29, 1.82) is 0 Å². The van der Waals surface area contributed by atoms with E-state index in [1.165, 1.54) is 0 Å². The van der Waals surface area contributed by atoms with Crippen LogP contribution in [0.1, 0.15) is 22.9 Å². The summed E-state index contributed by atoms with van der Waals surface area (Å²) in [5.74, 6) is 0. The molecule has 0 saturated heterocycles. The largest absolute Gasteiger partial charge is 0.384 e. The number of rotatable bonds is 2. The first-order valence-corrected chi connectivity index (χ1v) is 6.19. The minimum absolute atomic E-state index is 0.667. The SMILES string of the molecule is Cc1ncccc1C(O)c1cccc2cnccc12. The minimum atomic E-state index is -0.667. The van der Waals surface area contributed by atoms with Gasteiger partial charge in [0.2, 0.25) is 0 Å². The predicted molar refractivity (Wildman–Crippen MR) is 74.8 cm³/mol. The van der Waals surface area contributed by atoms with E-state index in [1.807, 2.05) is 49.5 Å². The molecule has 0 spiro atoms. The number of hydrogen-bond acceptors (Lipinski definition) is 3. The van der Waals surface area contributed by atoms with E-state index >= 15 is 0 Å². The Bertz CT molecular complexity index is 719.